The number of ether oxygens (including phenoxy) is 4. The molecule has 5 nitrogen and oxygen atoms in total. The molecule has 5 heteroatoms. The van der Waals surface area contributed by atoms with E-state index in [1.807, 2.05) is 18.2 Å². The van der Waals surface area contributed by atoms with Gasteiger partial charge in [0.25, 0.3) is 0 Å². The Kier molecular flexibility index (Phi) is 3.37. The second-order valence-corrected chi connectivity index (χ2v) is 4.37. The van der Waals surface area contributed by atoms with Crippen molar-refractivity contribution in [1.82, 2.24) is 0 Å². The molecule has 2 heterocycles. The van der Waals surface area contributed by atoms with Gasteiger partial charge in [0.2, 0.25) is 6.79 Å². The lowest BCUT2D eigenvalue weighted by Gasteiger charge is -2.07. The highest BCUT2D eigenvalue weighted by molar-refractivity contribution is 5.87. The van der Waals surface area contributed by atoms with Crippen molar-refractivity contribution < 1.29 is 23.7 Å². The molecule has 1 atom stereocenters. The van der Waals surface area contributed by atoms with Gasteiger partial charge in [0.05, 0.1) is 13.2 Å². The maximum absolute atomic E-state index is 11.6. The number of rotatable bonds is 3. The minimum atomic E-state index is -0.354. The van der Waals surface area contributed by atoms with Crippen LogP contribution in [0.25, 0.3) is 6.08 Å². The van der Waals surface area contributed by atoms with Crippen LogP contribution in [0.15, 0.2) is 24.3 Å². The molecular weight excluding hydrogens is 248 g/mol. The van der Waals surface area contributed by atoms with E-state index in [1.54, 1.807) is 6.08 Å². The number of esters is 1. The predicted molar refractivity (Wildman–Crippen MR) is 66.9 cm³/mol. The summed E-state index contributed by atoms with van der Waals surface area (Å²) in [6, 6.07) is 5.50. The van der Waals surface area contributed by atoms with Gasteiger partial charge in [-0.3, -0.25) is 0 Å². The van der Waals surface area contributed by atoms with Gasteiger partial charge in [0, 0.05) is 12.5 Å². The van der Waals surface area contributed by atoms with Crippen LogP contribution in [0.4, 0.5) is 0 Å². The van der Waals surface area contributed by atoms with Crippen molar-refractivity contribution in [3.63, 3.8) is 0 Å². The molecular formula is C14H14O5. The van der Waals surface area contributed by atoms with E-state index in [4.69, 9.17) is 18.9 Å². The molecule has 1 saturated heterocycles. The highest BCUT2D eigenvalue weighted by atomic mass is 16.7. The Labute approximate surface area is 110 Å². The van der Waals surface area contributed by atoms with E-state index in [1.165, 1.54) is 6.08 Å². The molecule has 3 rings (SSSR count). The summed E-state index contributed by atoms with van der Waals surface area (Å²) in [7, 11) is 0. The predicted octanol–water partition coefficient (Wildman–Crippen LogP) is 1.76. The van der Waals surface area contributed by atoms with Gasteiger partial charge >= 0.3 is 5.97 Å². The largest absolute Gasteiger partial charge is 0.457 e. The molecule has 0 aromatic heterocycles. The maximum Gasteiger partial charge on any atom is 0.331 e. The molecule has 0 aliphatic carbocycles. The average molecular weight is 262 g/mol. The monoisotopic (exact) mass is 262 g/mol. The molecule has 0 bridgehead atoms. The van der Waals surface area contributed by atoms with Gasteiger partial charge in [0.1, 0.15) is 6.10 Å². The van der Waals surface area contributed by atoms with Crippen LogP contribution in [0.3, 0.4) is 0 Å². The summed E-state index contributed by atoms with van der Waals surface area (Å²) in [6.45, 7) is 1.39. The fourth-order valence-corrected chi connectivity index (χ4v) is 1.99. The highest BCUT2D eigenvalue weighted by Gasteiger charge is 2.18. The molecule has 2 aliphatic heterocycles. The first-order chi connectivity index (χ1) is 9.31. The lowest BCUT2D eigenvalue weighted by molar-refractivity contribution is -0.142. The molecule has 0 saturated carbocycles. The molecule has 0 radical (unpaired) electrons. The van der Waals surface area contributed by atoms with Crippen molar-refractivity contribution in [2.24, 2.45) is 0 Å². The summed E-state index contributed by atoms with van der Waals surface area (Å²) in [5, 5.41) is 0. The first kappa shape index (κ1) is 12.0. The number of carbonyl (C=O) groups excluding carboxylic acids is 1. The molecule has 1 aromatic rings. The van der Waals surface area contributed by atoms with Gasteiger partial charge in [0.15, 0.2) is 11.5 Å². The van der Waals surface area contributed by atoms with E-state index in [0.29, 0.717) is 19.0 Å². The minimum Gasteiger partial charge on any atom is -0.457 e. The summed E-state index contributed by atoms with van der Waals surface area (Å²) >= 11 is 0. The number of hydrogen-bond acceptors (Lipinski definition) is 5. The highest BCUT2D eigenvalue weighted by Crippen LogP contribution is 2.32. The van der Waals surface area contributed by atoms with Crippen LogP contribution < -0.4 is 9.47 Å². The van der Waals surface area contributed by atoms with Crippen molar-refractivity contribution in [2.75, 3.05) is 20.0 Å². The third kappa shape index (κ3) is 2.88. The summed E-state index contributed by atoms with van der Waals surface area (Å²) in [4.78, 5) is 11.6. The van der Waals surface area contributed by atoms with Crippen molar-refractivity contribution in [3.05, 3.63) is 29.8 Å². The molecule has 19 heavy (non-hydrogen) atoms. The Hall–Kier alpha value is -2.01. The van der Waals surface area contributed by atoms with Crippen LogP contribution in [0.2, 0.25) is 0 Å². The Bertz CT molecular complexity index is 503. The standard InChI is InChI=1S/C14H14O5/c15-14(19-11-5-6-16-8-11)4-2-10-1-3-12-13(7-10)18-9-17-12/h1-4,7,11H,5-6,8-9H2/b4-2-/t11-/m1/s1. The zero-order chi connectivity index (χ0) is 13.1. The van der Waals surface area contributed by atoms with Crippen molar-refractivity contribution in [2.45, 2.75) is 12.5 Å². The smallest absolute Gasteiger partial charge is 0.331 e. The van der Waals surface area contributed by atoms with E-state index in [9.17, 15) is 4.79 Å². The zero-order valence-corrected chi connectivity index (χ0v) is 10.3. The van der Waals surface area contributed by atoms with Gasteiger partial charge in [-0.1, -0.05) is 6.07 Å². The number of fused-ring (bicyclic) bond motifs is 1. The van der Waals surface area contributed by atoms with Crippen molar-refractivity contribution in [3.8, 4) is 11.5 Å². The molecule has 1 fully saturated rings. The van der Waals surface area contributed by atoms with E-state index in [2.05, 4.69) is 0 Å². The summed E-state index contributed by atoms with van der Waals surface area (Å²) < 4.78 is 20.8. The van der Waals surface area contributed by atoms with Crippen LogP contribution in [0.1, 0.15) is 12.0 Å². The van der Waals surface area contributed by atoms with Crippen LogP contribution in [0.5, 0.6) is 11.5 Å². The molecule has 2 aliphatic rings. The minimum absolute atomic E-state index is 0.117. The van der Waals surface area contributed by atoms with Crippen molar-refractivity contribution in [1.29, 1.82) is 0 Å². The van der Waals surface area contributed by atoms with Crippen molar-refractivity contribution >= 4 is 12.0 Å². The van der Waals surface area contributed by atoms with Gasteiger partial charge < -0.3 is 18.9 Å². The SMILES string of the molecule is O=C(/C=C\c1ccc2c(c1)OCO2)O[C@@H]1CCOC1. The number of carbonyl (C=O) groups is 1. The topological polar surface area (TPSA) is 54.0 Å². The Morgan fingerprint density at radius 2 is 2.21 bits per heavy atom. The van der Waals surface area contributed by atoms with Gasteiger partial charge in [-0.05, 0) is 23.8 Å². The lowest BCUT2D eigenvalue weighted by Crippen LogP contribution is -2.16. The fraction of sp³-hybridized carbons (Fsp3) is 0.357. The first-order valence-electron chi connectivity index (χ1n) is 6.17. The first-order valence-corrected chi connectivity index (χ1v) is 6.17. The Morgan fingerprint density at radius 3 is 3.05 bits per heavy atom. The molecule has 0 N–H and O–H groups in total. The van der Waals surface area contributed by atoms with E-state index < -0.39 is 0 Å². The summed E-state index contributed by atoms with van der Waals surface area (Å²) in [5.41, 5.74) is 0.865. The molecule has 1 aromatic carbocycles. The van der Waals surface area contributed by atoms with E-state index >= 15 is 0 Å². The number of benzene rings is 1. The third-order valence-corrected chi connectivity index (χ3v) is 2.98. The molecule has 0 spiro atoms. The second kappa shape index (κ2) is 5.32. The van der Waals surface area contributed by atoms with Crippen LogP contribution in [-0.2, 0) is 14.3 Å². The lowest BCUT2D eigenvalue weighted by atomic mass is 10.2. The van der Waals surface area contributed by atoms with Gasteiger partial charge in [-0.15, -0.1) is 0 Å². The quantitative estimate of drug-likeness (QED) is 0.613. The molecule has 0 unspecified atom stereocenters. The van der Waals surface area contributed by atoms with E-state index in [0.717, 1.165) is 17.7 Å². The Balaban J connectivity index is 1.60. The normalized spacial score (nSPS) is 20.9. The zero-order valence-electron chi connectivity index (χ0n) is 10.3. The van der Waals surface area contributed by atoms with Crippen LogP contribution in [0, 0.1) is 0 Å². The summed E-state index contributed by atoms with van der Waals surface area (Å²) in [6.07, 6.45) is 3.76. The maximum atomic E-state index is 11.6. The Morgan fingerprint density at radius 1 is 1.32 bits per heavy atom. The van der Waals surface area contributed by atoms with E-state index in [-0.39, 0.29) is 18.9 Å². The third-order valence-electron chi connectivity index (χ3n) is 2.98. The summed E-state index contributed by atoms with van der Waals surface area (Å²) in [5.74, 6) is 1.07. The fourth-order valence-electron chi connectivity index (χ4n) is 1.99. The number of hydrogen-bond donors (Lipinski definition) is 0. The second-order valence-electron chi connectivity index (χ2n) is 4.37. The van der Waals surface area contributed by atoms with Crippen LogP contribution in [-0.4, -0.2) is 32.1 Å². The molecule has 100 valence electrons. The average Bonchev–Trinajstić information content (AvgIpc) is 3.06. The van der Waals surface area contributed by atoms with Gasteiger partial charge in [-0.25, -0.2) is 4.79 Å². The molecule has 0 amide bonds. The van der Waals surface area contributed by atoms with Gasteiger partial charge in [-0.2, -0.15) is 0 Å². The van der Waals surface area contributed by atoms with Crippen LogP contribution >= 0.6 is 0 Å².